The van der Waals surface area contributed by atoms with Gasteiger partial charge in [0.15, 0.2) is 0 Å². The summed E-state index contributed by atoms with van der Waals surface area (Å²) in [6, 6.07) is 1.25. The van der Waals surface area contributed by atoms with E-state index >= 15 is 0 Å². The molecule has 1 saturated carbocycles. The van der Waals surface area contributed by atoms with Crippen molar-refractivity contribution in [2.75, 3.05) is 33.9 Å². The second kappa shape index (κ2) is 8.06. The predicted molar refractivity (Wildman–Crippen MR) is 73.4 cm³/mol. The van der Waals surface area contributed by atoms with E-state index in [1.165, 1.54) is 25.7 Å². The van der Waals surface area contributed by atoms with Crippen LogP contribution >= 0.6 is 0 Å². The van der Waals surface area contributed by atoms with E-state index in [9.17, 15) is 0 Å². The van der Waals surface area contributed by atoms with E-state index in [1.54, 1.807) is 7.11 Å². The molecule has 3 unspecified atom stereocenters. The third kappa shape index (κ3) is 5.36. The Morgan fingerprint density at radius 3 is 2.71 bits per heavy atom. The predicted octanol–water partition coefficient (Wildman–Crippen LogP) is 2.12. The first-order valence-corrected chi connectivity index (χ1v) is 7.07. The Morgan fingerprint density at radius 2 is 2.06 bits per heavy atom. The summed E-state index contributed by atoms with van der Waals surface area (Å²) in [4.78, 5) is 2.54. The Morgan fingerprint density at radius 1 is 1.35 bits per heavy atom. The van der Waals surface area contributed by atoms with Crippen molar-refractivity contribution in [1.82, 2.24) is 10.2 Å². The fourth-order valence-corrected chi connectivity index (χ4v) is 2.91. The SMILES string of the molecule is COCC(C)NCCN(C)C1CCCCC1C. The Bertz CT molecular complexity index is 199. The van der Waals surface area contributed by atoms with E-state index in [4.69, 9.17) is 4.74 Å². The van der Waals surface area contributed by atoms with Gasteiger partial charge in [-0.15, -0.1) is 0 Å². The standard InChI is InChI=1S/C14H30N2O/c1-12-7-5-6-8-14(12)16(3)10-9-15-13(2)11-17-4/h12-15H,5-11H2,1-4H3. The fraction of sp³-hybridized carbons (Fsp3) is 1.00. The smallest absolute Gasteiger partial charge is 0.0613 e. The quantitative estimate of drug-likeness (QED) is 0.740. The normalized spacial score (nSPS) is 27.4. The number of hydrogen-bond acceptors (Lipinski definition) is 3. The molecular formula is C14H30N2O. The number of nitrogens with zero attached hydrogens (tertiary/aromatic N) is 1. The molecular weight excluding hydrogens is 212 g/mol. The minimum atomic E-state index is 0.456. The molecule has 0 saturated heterocycles. The van der Waals surface area contributed by atoms with Crippen LogP contribution < -0.4 is 5.32 Å². The van der Waals surface area contributed by atoms with Crippen molar-refractivity contribution in [3.8, 4) is 0 Å². The van der Waals surface area contributed by atoms with Gasteiger partial charge in [0, 0.05) is 32.3 Å². The summed E-state index contributed by atoms with van der Waals surface area (Å²) >= 11 is 0. The first-order chi connectivity index (χ1) is 8.15. The average Bonchev–Trinajstić information content (AvgIpc) is 2.29. The molecule has 1 N–H and O–H groups in total. The molecule has 1 fully saturated rings. The van der Waals surface area contributed by atoms with E-state index in [-0.39, 0.29) is 0 Å². The van der Waals surface area contributed by atoms with Gasteiger partial charge in [0.05, 0.1) is 6.61 Å². The van der Waals surface area contributed by atoms with Gasteiger partial charge in [-0.3, -0.25) is 0 Å². The minimum Gasteiger partial charge on any atom is -0.383 e. The highest BCUT2D eigenvalue weighted by Gasteiger charge is 2.24. The lowest BCUT2D eigenvalue weighted by molar-refractivity contribution is 0.134. The Balaban J connectivity index is 2.17. The summed E-state index contributed by atoms with van der Waals surface area (Å²) in [7, 11) is 4.03. The van der Waals surface area contributed by atoms with Crippen LogP contribution in [0.2, 0.25) is 0 Å². The van der Waals surface area contributed by atoms with Crippen molar-refractivity contribution in [2.45, 2.75) is 51.6 Å². The Labute approximate surface area is 107 Å². The number of ether oxygens (including phenoxy) is 1. The van der Waals surface area contributed by atoms with Gasteiger partial charge in [-0.05, 0) is 32.7 Å². The molecule has 17 heavy (non-hydrogen) atoms. The molecule has 3 nitrogen and oxygen atoms in total. The number of likely N-dealkylation sites (N-methyl/N-ethyl adjacent to an activating group) is 1. The van der Waals surface area contributed by atoms with Gasteiger partial charge >= 0.3 is 0 Å². The molecule has 0 bridgehead atoms. The van der Waals surface area contributed by atoms with Crippen molar-refractivity contribution in [1.29, 1.82) is 0 Å². The molecule has 0 radical (unpaired) electrons. The molecule has 0 aromatic carbocycles. The summed E-state index contributed by atoms with van der Waals surface area (Å²) in [6.07, 6.45) is 5.62. The second-order valence-electron chi connectivity index (χ2n) is 5.62. The molecule has 0 amide bonds. The molecule has 102 valence electrons. The van der Waals surface area contributed by atoms with Gasteiger partial charge < -0.3 is 15.0 Å². The zero-order valence-corrected chi connectivity index (χ0v) is 12.0. The molecule has 0 heterocycles. The zero-order valence-electron chi connectivity index (χ0n) is 12.0. The summed E-state index contributed by atoms with van der Waals surface area (Å²) in [5, 5.41) is 3.50. The minimum absolute atomic E-state index is 0.456. The highest BCUT2D eigenvalue weighted by molar-refractivity contribution is 4.79. The summed E-state index contributed by atoms with van der Waals surface area (Å²) in [6.45, 7) is 7.57. The number of hydrogen-bond donors (Lipinski definition) is 1. The first kappa shape index (κ1) is 14.9. The Hall–Kier alpha value is -0.120. The number of methoxy groups -OCH3 is 1. The van der Waals surface area contributed by atoms with Crippen LogP contribution in [-0.4, -0.2) is 50.8 Å². The largest absolute Gasteiger partial charge is 0.383 e. The molecule has 0 aromatic rings. The van der Waals surface area contributed by atoms with Gasteiger partial charge in [0.1, 0.15) is 0 Å². The molecule has 0 spiro atoms. The maximum absolute atomic E-state index is 5.12. The lowest BCUT2D eigenvalue weighted by Crippen LogP contribution is -2.43. The number of nitrogens with one attached hydrogen (secondary N) is 1. The molecule has 3 heteroatoms. The van der Waals surface area contributed by atoms with E-state index in [0.29, 0.717) is 6.04 Å². The van der Waals surface area contributed by atoms with Crippen molar-refractivity contribution in [3.05, 3.63) is 0 Å². The third-order valence-corrected chi connectivity index (χ3v) is 4.01. The first-order valence-electron chi connectivity index (χ1n) is 7.07. The summed E-state index contributed by atoms with van der Waals surface area (Å²) in [5.74, 6) is 0.866. The van der Waals surface area contributed by atoms with Crippen LogP contribution in [0.1, 0.15) is 39.5 Å². The monoisotopic (exact) mass is 242 g/mol. The van der Waals surface area contributed by atoms with Gasteiger partial charge in [0.2, 0.25) is 0 Å². The van der Waals surface area contributed by atoms with Crippen molar-refractivity contribution >= 4 is 0 Å². The second-order valence-corrected chi connectivity index (χ2v) is 5.62. The molecule has 0 aliphatic heterocycles. The molecule has 1 aliphatic rings. The summed E-state index contributed by atoms with van der Waals surface area (Å²) < 4.78 is 5.12. The van der Waals surface area contributed by atoms with Crippen LogP contribution in [0, 0.1) is 5.92 Å². The maximum atomic E-state index is 5.12. The van der Waals surface area contributed by atoms with E-state index < -0.39 is 0 Å². The third-order valence-electron chi connectivity index (χ3n) is 4.01. The van der Waals surface area contributed by atoms with Crippen LogP contribution in [0.3, 0.4) is 0 Å². The van der Waals surface area contributed by atoms with E-state index in [2.05, 4.69) is 31.1 Å². The highest BCUT2D eigenvalue weighted by atomic mass is 16.5. The number of rotatable bonds is 7. The van der Waals surface area contributed by atoms with Crippen molar-refractivity contribution < 1.29 is 4.74 Å². The van der Waals surface area contributed by atoms with Crippen LogP contribution in [0.4, 0.5) is 0 Å². The van der Waals surface area contributed by atoms with Crippen molar-refractivity contribution in [3.63, 3.8) is 0 Å². The topological polar surface area (TPSA) is 24.5 Å². The molecule has 1 rings (SSSR count). The van der Waals surface area contributed by atoms with Crippen LogP contribution in [0.15, 0.2) is 0 Å². The van der Waals surface area contributed by atoms with Crippen LogP contribution in [-0.2, 0) is 4.74 Å². The van der Waals surface area contributed by atoms with E-state index in [1.807, 2.05) is 0 Å². The summed E-state index contributed by atoms with van der Waals surface area (Å²) in [5.41, 5.74) is 0. The fourth-order valence-electron chi connectivity index (χ4n) is 2.91. The maximum Gasteiger partial charge on any atom is 0.0613 e. The van der Waals surface area contributed by atoms with Crippen molar-refractivity contribution in [2.24, 2.45) is 5.92 Å². The zero-order chi connectivity index (χ0) is 12.7. The lowest BCUT2D eigenvalue weighted by atomic mass is 9.85. The lowest BCUT2D eigenvalue weighted by Gasteiger charge is -2.36. The van der Waals surface area contributed by atoms with Gasteiger partial charge in [-0.25, -0.2) is 0 Å². The van der Waals surface area contributed by atoms with Gasteiger partial charge in [-0.1, -0.05) is 19.8 Å². The van der Waals surface area contributed by atoms with Crippen LogP contribution in [0.5, 0.6) is 0 Å². The van der Waals surface area contributed by atoms with Gasteiger partial charge in [0.25, 0.3) is 0 Å². The van der Waals surface area contributed by atoms with Crippen LogP contribution in [0.25, 0.3) is 0 Å². The molecule has 3 atom stereocenters. The van der Waals surface area contributed by atoms with Gasteiger partial charge in [-0.2, -0.15) is 0 Å². The average molecular weight is 242 g/mol. The van der Waals surface area contributed by atoms with E-state index in [0.717, 1.165) is 31.7 Å². The molecule has 1 aliphatic carbocycles. The highest BCUT2D eigenvalue weighted by Crippen LogP contribution is 2.26. The molecule has 0 aromatic heterocycles. The Kier molecular flexibility index (Phi) is 7.09.